The van der Waals surface area contributed by atoms with Gasteiger partial charge in [0, 0.05) is 24.2 Å². The molecule has 0 radical (unpaired) electrons. The van der Waals surface area contributed by atoms with Gasteiger partial charge in [0.1, 0.15) is 11.4 Å². The summed E-state index contributed by atoms with van der Waals surface area (Å²) in [6.07, 6.45) is 6.12. The van der Waals surface area contributed by atoms with Gasteiger partial charge in [-0.05, 0) is 49.6 Å². The minimum absolute atomic E-state index is 0.00124. The van der Waals surface area contributed by atoms with Crippen molar-refractivity contribution in [3.63, 3.8) is 0 Å². The third-order valence-electron chi connectivity index (χ3n) is 4.52. The molecule has 1 atom stereocenters. The largest absolute Gasteiger partial charge is 0.467 e. The molecule has 0 aromatic carbocycles. The van der Waals surface area contributed by atoms with Crippen molar-refractivity contribution in [1.29, 1.82) is 0 Å². The molecule has 118 valence electrons. The molecule has 1 aliphatic rings. The number of carbonyl (C=O) groups is 1. The molecule has 0 spiro atoms. The van der Waals surface area contributed by atoms with Crippen LogP contribution in [0.4, 0.5) is 0 Å². The average molecular weight is 309 g/mol. The van der Waals surface area contributed by atoms with Gasteiger partial charge in [-0.2, -0.15) is 0 Å². The van der Waals surface area contributed by atoms with Crippen molar-refractivity contribution in [1.82, 2.24) is 14.7 Å². The normalized spacial score (nSPS) is 17.2. The molecule has 1 amide bonds. The van der Waals surface area contributed by atoms with E-state index in [9.17, 15) is 4.79 Å². The van der Waals surface area contributed by atoms with E-state index in [-0.39, 0.29) is 11.8 Å². The average Bonchev–Trinajstić information content (AvgIpc) is 3.18. The number of furan rings is 1. The summed E-state index contributed by atoms with van der Waals surface area (Å²) in [5.74, 6) is 0.868. The highest BCUT2D eigenvalue weighted by atomic mass is 16.3. The van der Waals surface area contributed by atoms with E-state index in [1.165, 1.54) is 11.3 Å². The van der Waals surface area contributed by atoms with Gasteiger partial charge in [-0.25, -0.2) is 4.98 Å². The van der Waals surface area contributed by atoms with Crippen molar-refractivity contribution in [2.24, 2.45) is 5.92 Å². The molecular weight excluding hydrogens is 290 g/mol. The van der Waals surface area contributed by atoms with Crippen molar-refractivity contribution < 1.29 is 9.21 Å². The van der Waals surface area contributed by atoms with Crippen molar-refractivity contribution >= 4 is 11.6 Å². The second kappa shape index (κ2) is 5.57. The van der Waals surface area contributed by atoms with Crippen molar-refractivity contribution in [2.75, 3.05) is 0 Å². The number of carbonyl (C=O) groups excluding carboxylic acids is 1. The van der Waals surface area contributed by atoms with Gasteiger partial charge in [0.05, 0.1) is 18.5 Å². The first-order chi connectivity index (χ1) is 11.2. The maximum atomic E-state index is 12.4. The summed E-state index contributed by atoms with van der Waals surface area (Å²) < 4.78 is 7.37. The number of fused-ring (bicyclic) bond motifs is 3. The molecule has 0 fully saturated rings. The fourth-order valence-corrected chi connectivity index (χ4v) is 3.26. The molecule has 0 bridgehead atoms. The number of aryl methyl sites for hydroxylation is 2. The Bertz CT molecular complexity index is 849. The number of aromatic nitrogens is 2. The molecule has 23 heavy (non-hydrogen) atoms. The Morgan fingerprint density at radius 1 is 1.48 bits per heavy atom. The number of imidazole rings is 1. The molecule has 3 aromatic heterocycles. The summed E-state index contributed by atoms with van der Waals surface area (Å²) in [5.41, 5.74) is 4.48. The number of pyridine rings is 1. The molecule has 3 heterocycles. The summed E-state index contributed by atoms with van der Waals surface area (Å²) in [6, 6.07) is 7.86. The van der Waals surface area contributed by atoms with E-state index in [2.05, 4.69) is 35.0 Å². The Morgan fingerprint density at radius 3 is 3.22 bits per heavy atom. The third kappa shape index (κ3) is 2.63. The van der Waals surface area contributed by atoms with Gasteiger partial charge in [-0.3, -0.25) is 4.79 Å². The van der Waals surface area contributed by atoms with Crippen LogP contribution in [0.15, 0.2) is 41.1 Å². The first kappa shape index (κ1) is 14.1. The lowest BCUT2D eigenvalue weighted by Gasteiger charge is -2.21. The van der Waals surface area contributed by atoms with E-state index in [1.807, 2.05) is 12.1 Å². The quantitative estimate of drug-likeness (QED) is 0.809. The van der Waals surface area contributed by atoms with Crippen LogP contribution in [0.5, 0.6) is 0 Å². The van der Waals surface area contributed by atoms with Gasteiger partial charge in [0.15, 0.2) is 0 Å². The third-order valence-corrected chi connectivity index (χ3v) is 4.52. The van der Waals surface area contributed by atoms with Crippen molar-refractivity contribution in [3.8, 4) is 0 Å². The number of nitrogens with one attached hydrogen (secondary N) is 1. The van der Waals surface area contributed by atoms with Gasteiger partial charge < -0.3 is 14.1 Å². The van der Waals surface area contributed by atoms with E-state index in [4.69, 9.17) is 9.40 Å². The second-order valence-corrected chi connectivity index (χ2v) is 6.17. The molecule has 0 saturated heterocycles. The lowest BCUT2D eigenvalue weighted by Crippen LogP contribution is -2.33. The smallest absolute Gasteiger partial charge is 0.223 e. The topological polar surface area (TPSA) is 59.5 Å². The van der Waals surface area contributed by atoms with Crippen LogP contribution in [0.3, 0.4) is 0 Å². The minimum Gasteiger partial charge on any atom is -0.467 e. The van der Waals surface area contributed by atoms with Crippen LogP contribution in [0.1, 0.15) is 29.1 Å². The highest BCUT2D eigenvalue weighted by Crippen LogP contribution is 2.27. The predicted octanol–water partition coefficient (Wildman–Crippen LogP) is 2.66. The van der Waals surface area contributed by atoms with Crippen LogP contribution < -0.4 is 5.32 Å². The molecule has 1 N–H and O–H groups in total. The first-order valence-corrected chi connectivity index (χ1v) is 7.97. The maximum Gasteiger partial charge on any atom is 0.223 e. The van der Waals surface area contributed by atoms with Crippen molar-refractivity contribution in [3.05, 3.63) is 59.4 Å². The highest BCUT2D eigenvalue weighted by Gasteiger charge is 2.28. The number of hydrogen-bond acceptors (Lipinski definition) is 3. The standard InChI is InChI=1S/C18H19N3O2/c1-12-6-7-21-16-10-13(4-5-15(16)20-17(21)9-12)18(22)19-11-14-3-2-8-23-14/h2-3,6-9,13H,4-5,10-11H2,1H3,(H,19,22). The van der Waals surface area contributed by atoms with Crippen molar-refractivity contribution in [2.45, 2.75) is 32.7 Å². The lowest BCUT2D eigenvalue weighted by molar-refractivity contribution is -0.125. The maximum absolute atomic E-state index is 12.4. The van der Waals surface area contributed by atoms with Crippen LogP contribution in [-0.2, 0) is 24.2 Å². The molecule has 0 saturated carbocycles. The summed E-state index contributed by atoms with van der Waals surface area (Å²) in [7, 11) is 0. The van der Waals surface area contributed by atoms with E-state index < -0.39 is 0 Å². The zero-order valence-corrected chi connectivity index (χ0v) is 13.1. The Labute approximate surface area is 134 Å². The second-order valence-electron chi connectivity index (χ2n) is 6.17. The van der Waals surface area contributed by atoms with Crippen LogP contribution in [0.25, 0.3) is 5.65 Å². The zero-order valence-electron chi connectivity index (χ0n) is 13.1. The van der Waals surface area contributed by atoms with Gasteiger partial charge in [0.25, 0.3) is 0 Å². The Hall–Kier alpha value is -2.56. The number of hydrogen-bond donors (Lipinski definition) is 1. The molecule has 5 nitrogen and oxygen atoms in total. The van der Waals surface area contributed by atoms with E-state index in [1.54, 1.807) is 6.26 Å². The lowest BCUT2D eigenvalue weighted by atomic mass is 9.89. The van der Waals surface area contributed by atoms with Gasteiger partial charge >= 0.3 is 0 Å². The molecule has 1 aliphatic carbocycles. The zero-order chi connectivity index (χ0) is 15.8. The highest BCUT2D eigenvalue weighted by molar-refractivity contribution is 5.79. The number of nitrogens with zero attached hydrogens (tertiary/aromatic N) is 2. The minimum atomic E-state index is -0.00124. The molecule has 3 aromatic rings. The Balaban J connectivity index is 1.51. The molecular formula is C18H19N3O2. The van der Waals surface area contributed by atoms with Gasteiger partial charge in [-0.15, -0.1) is 0 Å². The van der Waals surface area contributed by atoms with Crippen LogP contribution in [0.2, 0.25) is 0 Å². The molecule has 0 aliphatic heterocycles. The summed E-state index contributed by atoms with van der Waals surface area (Å²) in [6.45, 7) is 2.51. The Kier molecular flexibility index (Phi) is 3.41. The predicted molar refractivity (Wildman–Crippen MR) is 86.0 cm³/mol. The van der Waals surface area contributed by atoms with E-state index >= 15 is 0 Å². The Morgan fingerprint density at radius 2 is 2.39 bits per heavy atom. The fraction of sp³-hybridized carbons (Fsp3) is 0.333. The van der Waals surface area contributed by atoms with E-state index in [0.29, 0.717) is 6.54 Å². The van der Waals surface area contributed by atoms with Crippen LogP contribution >= 0.6 is 0 Å². The summed E-state index contributed by atoms with van der Waals surface area (Å²) >= 11 is 0. The van der Waals surface area contributed by atoms with E-state index in [0.717, 1.165) is 36.4 Å². The molecule has 5 heteroatoms. The van der Waals surface area contributed by atoms with Gasteiger partial charge in [0.2, 0.25) is 5.91 Å². The molecule has 1 unspecified atom stereocenters. The van der Waals surface area contributed by atoms with Crippen LogP contribution in [0, 0.1) is 12.8 Å². The van der Waals surface area contributed by atoms with Gasteiger partial charge in [-0.1, -0.05) is 0 Å². The first-order valence-electron chi connectivity index (χ1n) is 7.97. The monoisotopic (exact) mass is 309 g/mol. The SMILES string of the molecule is Cc1ccn2c3c(nc2c1)CCC(C(=O)NCc1ccco1)C3. The fourth-order valence-electron chi connectivity index (χ4n) is 3.26. The molecule has 4 rings (SSSR count). The summed E-state index contributed by atoms with van der Waals surface area (Å²) in [5, 5.41) is 2.97. The summed E-state index contributed by atoms with van der Waals surface area (Å²) in [4.78, 5) is 17.1. The number of amides is 1. The number of rotatable bonds is 3. The van der Waals surface area contributed by atoms with Crippen LogP contribution in [-0.4, -0.2) is 15.3 Å².